The molecular formula is C29H29NO4. The van der Waals surface area contributed by atoms with E-state index >= 15 is 0 Å². The van der Waals surface area contributed by atoms with Crippen molar-refractivity contribution in [3.05, 3.63) is 107 Å². The topological polar surface area (TPSA) is 72.5 Å². The van der Waals surface area contributed by atoms with Crippen LogP contribution in [0.25, 0.3) is 0 Å². The molecule has 0 saturated heterocycles. The van der Waals surface area contributed by atoms with Gasteiger partial charge in [-0.25, -0.2) is 4.79 Å². The van der Waals surface area contributed by atoms with Crippen molar-refractivity contribution < 1.29 is 19.1 Å². The summed E-state index contributed by atoms with van der Waals surface area (Å²) in [5.74, 6) is -0.783. The molecule has 1 saturated carbocycles. The van der Waals surface area contributed by atoms with Gasteiger partial charge in [-0.3, -0.25) is 9.59 Å². The van der Waals surface area contributed by atoms with Crippen LogP contribution in [0.3, 0.4) is 0 Å². The van der Waals surface area contributed by atoms with Crippen molar-refractivity contribution in [3.8, 4) is 0 Å². The molecular weight excluding hydrogens is 426 g/mol. The molecule has 5 heteroatoms. The Bertz CT molecular complexity index is 1110. The van der Waals surface area contributed by atoms with Crippen LogP contribution in [0.4, 0.5) is 0 Å². The van der Waals surface area contributed by atoms with Crippen molar-refractivity contribution >= 4 is 17.7 Å². The molecule has 3 aromatic carbocycles. The van der Waals surface area contributed by atoms with Crippen molar-refractivity contribution in [2.45, 2.75) is 31.7 Å². The number of rotatable bonds is 8. The molecule has 3 atom stereocenters. The molecule has 34 heavy (non-hydrogen) atoms. The highest BCUT2D eigenvalue weighted by Crippen LogP contribution is 2.61. The quantitative estimate of drug-likeness (QED) is 0.384. The number of ketones is 1. The number of hydrogen-bond donors (Lipinski definition) is 1. The molecule has 1 amide bonds. The zero-order valence-electron chi connectivity index (χ0n) is 19.6. The molecule has 1 N–H and O–H groups in total. The van der Waals surface area contributed by atoms with Crippen molar-refractivity contribution in [3.63, 3.8) is 0 Å². The van der Waals surface area contributed by atoms with Crippen molar-refractivity contribution in [1.29, 1.82) is 0 Å². The summed E-state index contributed by atoms with van der Waals surface area (Å²) in [6, 6.07) is 26.2. The zero-order valence-corrected chi connectivity index (χ0v) is 19.6. The number of esters is 1. The smallest absolute Gasteiger partial charge is 0.328 e. The molecule has 0 aliphatic heterocycles. The maximum atomic E-state index is 13.5. The summed E-state index contributed by atoms with van der Waals surface area (Å²) < 4.78 is 4.79. The minimum absolute atomic E-state index is 0.0734. The third kappa shape index (κ3) is 4.79. The second-order valence-electron chi connectivity index (χ2n) is 9.06. The average molecular weight is 456 g/mol. The second kappa shape index (κ2) is 10.0. The maximum absolute atomic E-state index is 13.5. The monoisotopic (exact) mass is 455 g/mol. The standard InChI is InChI=1S/C29H29NO4/c1-18(2)26(29(33)34-3)30-28(32)22-16-14-21(15-17-22)27(31)25-23(19-10-6-4-7-11-19)24(25)20-12-8-5-9-13-20/h4-18,23-26H,1-3H3,(H,30,32)/t23-,24-,26+/m1/s1. The number of ether oxygens (including phenoxy) is 1. The number of amides is 1. The van der Waals surface area contributed by atoms with Crippen molar-refractivity contribution in [2.75, 3.05) is 7.11 Å². The van der Waals surface area contributed by atoms with Gasteiger partial charge in [-0.1, -0.05) is 86.6 Å². The molecule has 1 fully saturated rings. The minimum atomic E-state index is -0.733. The Labute approximate surface area is 200 Å². The van der Waals surface area contributed by atoms with Crippen LogP contribution < -0.4 is 5.32 Å². The van der Waals surface area contributed by atoms with Crippen LogP contribution >= 0.6 is 0 Å². The molecule has 0 aromatic heterocycles. The number of hydrogen-bond acceptors (Lipinski definition) is 4. The lowest BCUT2D eigenvalue weighted by atomic mass is 10.0. The third-order valence-corrected chi connectivity index (χ3v) is 6.53. The van der Waals surface area contributed by atoms with Gasteiger partial charge in [0.1, 0.15) is 6.04 Å². The van der Waals surface area contributed by atoms with Gasteiger partial charge in [-0.05, 0) is 29.2 Å². The first-order chi connectivity index (χ1) is 16.4. The molecule has 1 aliphatic rings. The third-order valence-electron chi connectivity index (χ3n) is 6.53. The van der Waals surface area contributed by atoms with E-state index in [1.54, 1.807) is 24.3 Å². The molecule has 0 spiro atoms. The van der Waals surface area contributed by atoms with E-state index in [4.69, 9.17) is 4.74 Å². The van der Waals surface area contributed by atoms with E-state index in [1.165, 1.54) is 7.11 Å². The number of Topliss-reactive ketones (excluding diaryl/α,β-unsaturated/α-hetero) is 1. The summed E-state index contributed by atoms with van der Waals surface area (Å²) in [6.07, 6.45) is 0. The Hall–Kier alpha value is -3.73. The van der Waals surface area contributed by atoms with Gasteiger partial charge in [-0.15, -0.1) is 0 Å². The number of benzene rings is 3. The number of methoxy groups -OCH3 is 1. The fourth-order valence-electron chi connectivity index (χ4n) is 4.64. The Morgan fingerprint density at radius 2 is 1.21 bits per heavy atom. The fourth-order valence-corrected chi connectivity index (χ4v) is 4.64. The predicted molar refractivity (Wildman–Crippen MR) is 131 cm³/mol. The first-order valence-electron chi connectivity index (χ1n) is 11.5. The van der Waals surface area contributed by atoms with Crippen LogP contribution in [0, 0.1) is 11.8 Å². The van der Waals surface area contributed by atoms with E-state index in [1.807, 2.05) is 50.2 Å². The van der Waals surface area contributed by atoms with Crippen molar-refractivity contribution in [2.24, 2.45) is 11.8 Å². The minimum Gasteiger partial charge on any atom is -0.467 e. The number of nitrogens with one attached hydrogen (secondary N) is 1. The number of carbonyl (C=O) groups is 3. The Morgan fingerprint density at radius 1 is 0.735 bits per heavy atom. The highest BCUT2D eigenvalue weighted by atomic mass is 16.5. The van der Waals surface area contributed by atoms with Gasteiger partial charge in [0.15, 0.2) is 5.78 Å². The molecule has 0 bridgehead atoms. The van der Waals surface area contributed by atoms with E-state index in [9.17, 15) is 14.4 Å². The molecule has 174 valence electrons. The van der Waals surface area contributed by atoms with Crippen LogP contribution in [0.1, 0.15) is 57.5 Å². The first-order valence-corrected chi connectivity index (χ1v) is 11.5. The Kier molecular flexibility index (Phi) is 6.92. The van der Waals surface area contributed by atoms with E-state index < -0.39 is 12.0 Å². The SMILES string of the molecule is COC(=O)[C@@H](NC(=O)c1ccc(C(=O)C2[C@H](c3ccccc3)[C@H]2c2ccccc2)cc1)C(C)C. The van der Waals surface area contributed by atoms with Gasteiger partial charge in [0.05, 0.1) is 7.11 Å². The van der Waals surface area contributed by atoms with E-state index in [0.29, 0.717) is 11.1 Å². The van der Waals surface area contributed by atoms with E-state index in [2.05, 4.69) is 29.6 Å². The lowest BCUT2D eigenvalue weighted by molar-refractivity contribution is -0.144. The van der Waals surface area contributed by atoms with E-state index in [0.717, 1.165) is 11.1 Å². The van der Waals surface area contributed by atoms with Gasteiger partial charge < -0.3 is 10.1 Å². The second-order valence-corrected chi connectivity index (χ2v) is 9.06. The van der Waals surface area contributed by atoms with Gasteiger partial charge >= 0.3 is 5.97 Å². The lowest BCUT2D eigenvalue weighted by Gasteiger charge is -2.19. The van der Waals surface area contributed by atoms with Gasteiger partial charge in [0, 0.05) is 28.9 Å². The number of carbonyl (C=O) groups excluding carboxylic acids is 3. The summed E-state index contributed by atoms with van der Waals surface area (Å²) in [7, 11) is 1.30. The largest absolute Gasteiger partial charge is 0.467 e. The first kappa shape index (κ1) is 23.4. The average Bonchev–Trinajstić information content (AvgIpc) is 3.63. The molecule has 4 rings (SSSR count). The van der Waals surface area contributed by atoms with Crippen molar-refractivity contribution in [1.82, 2.24) is 5.32 Å². The fraction of sp³-hybridized carbons (Fsp3) is 0.276. The normalized spacial score (nSPS) is 19.8. The Morgan fingerprint density at radius 3 is 1.65 bits per heavy atom. The highest BCUT2D eigenvalue weighted by Gasteiger charge is 2.55. The highest BCUT2D eigenvalue weighted by molar-refractivity contribution is 6.03. The zero-order chi connectivity index (χ0) is 24.2. The van der Waals surface area contributed by atoms with Gasteiger partial charge in [-0.2, -0.15) is 0 Å². The van der Waals surface area contributed by atoms with Crippen LogP contribution in [0.15, 0.2) is 84.9 Å². The Balaban J connectivity index is 1.52. The van der Waals surface area contributed by atoms with Crippen LogP contribution in [-0.4, -0.2) is 30.8 Å². The predicted octanol–water partition coefficient (Wildman–Crippen LogP) is 4.99. The molecule has 1 aliphatic carbocycles. The van der Waals surface area contributed by atoms with Crippen LogP contribution in [-0.2, 0) is 9.53 Å². The summed E-state index contributed by atoms with van der Waals surface area (Å²) in [4.78, 5) is 38.1. The van der Waals surface area contributed by atoms with Gasteiger partial charge in [0.2, 0.25) is 0 Å². The molecule has 0 unspecified atom stereocenters. The molecule has 3 aromatic rings. The summed E-state index contributed by atoms with van der Waals surface area (Å²) in [6.45, 7) is 3.68. The van der Waals surface area contributed by atoms with Crippen LogP contribution in [0.5, 0.6) is 0 Å². The summed E-state index contributed by atoms with van der Waals surface area (Å²) in [5.41, 5.74) is 3.29. The molecule has 0 radical (unpaired) electrons. The maximum Gasteiger partial charge on any atom is 0.328 e. The molecule has 0 heterocycles. The van der Waals surface area contributed by atoms with Gasteiger partial charge in [0.25, 0.3) is 5.91 Å². The molecule has 5 nitrogen and oxygen atoms in total. The summed E-state index contributed by atoms with van der Waals surface area (Å²) in [5, 5.41) is 2.73. The van der Waals surface area contributed by atoms with Crippen LogP contribution in [0.2, 0.25) is 0 Å². The lowest BCUT2D eigenvalue weighted by Crippen LogP contribution is -2.45. The van der Waals surface area contributed by atoms with E-state index in [-0.39, 0.29) is 35.4 Å². The summed E-state index contributed by atoms with van der Waals surface area (Å²) >= 11 is 0.